The summed E-state index contributed by atoms with van der Waals surface area (Å²) in [6, 6.07) is 22.5. The Morgan fingerprint density at radius 2 is 1.71 bits per heavy atom. The number of carboxylic acids is 1. The van der Waals surface area contributed by atoms with Gasteiger partial charge in [-0.2, -0.15) is 5.26 Å². The van der Waals surface area contributed by atoms with Crippen molar-refractivity contribution >= 4 is 40.1 Å². The second-order valence-corrected chi connectivity index (χ2v) is 7.62. The van der Waals surface area contributed by atoms with E-state index in [1.807, 2.05) is 36.4 Å². The number of anilines is 2. The lowest BCUT2D eigenvalue weighted by Crippen LogP contribution is -2.15. The van der Waals surface area contributed by atoms with Crippen LogP contribution in [0.2, 0.25) is 0 Å². The van der Waals surface area contributed by atoms with Gasteiger partial charge in [0.1, 0.15) is 5.69 Å². The van der Waals surface area contributed by atoms with E-state index in [9.17, 15) is 19.5 Å². The summed E-state index contributed by atoms with van der Waals surface area (Å²) in [5, 5.41) is 24.6. The third kappa shape index (κ3) is 4.95. The molecule has 0 aliphatic rings. The number of carboxylic acid groups (broad SMARTS) is 1. The van der Waals surface area contributed by atoms with Crippen molar-refractivity contribution < 1.29 is 19.5 Å². The van der Waals surface area contributed by atoms with Crippen LogP contribution in [0, 0.1) is 11.3 Å². The quantitative estimate of drug-likeness (QED) is 0.326. The maximum absolute atomic E-state index is 12.8. The maximum atomic E-state index is 12.8. The molecule has 3 aromatic carbocycles. The Kier molecular flexibility index (Phi) is 6.37. The summed E-state index contributed by atoms with van der Waals surface area (Å²) < 4.78 is 0. The van der Waals surface area contributed by atoms with E-state index >= 15 is 0 Å². The number of nitriles is 1. The molecule has 2 amide bonds. The molecule has 0 saturated carbocycles. The molecular formula is C26H20N4O4. The molecule has 0 aliphatic carbocycles. The fraction of sp³-hybridized carbons (Fsp3) is 0.0769. The first-order valence-electron chi connectivity index (χ1n) is 10.5. The van der Waals surface area contributed by atoms with Gasteiger partial charge in [0, 0.05) is 11.8 Å². The van der Waals surface area contributed by atoms with E-state index < -0.39 is 11.9 Å². The zero-order chi connectivity index (χ0) is 24.1. The van der Waals surface area contributed by atoms with Crippen molar-refractivity contribution in [2.45, 2.75) is 12.8 Å². The van der Waals surface area contributed by atoms with Gasteiger partial charge in [-0.25, -0.2) is 4.79 Å². The van der Waals surface area contributed by atoms with Gasteiger partial charge in [-0.05, 0) is 42.3 Å². The van der Waals surface area contributed by atoms with Gasteiger partial charge < -0.3 is 20.7 Å². The number of para-hydroxylation sites is 1. The van der Waals surface area contributed by atoms with Crippen LogP contribution in [0.4, 0.5) is 11.4 Å². The topological polar surface area (TPSA) is 135 Å². The number of aromatic nitrogens is 1. The van der Waals surface area contributed by atoms with Crippen LogP contribution in [0.25, 0.3) is 10.9 Å². The van der Waals surface area contributed by atoms with E-state index in [1.165, 1.54) is 18.2 Å². The Hall–Kier alpha value is -4.90. The monoisotopic (exact) mass is 452 g/mol. The summed E-state index contributed by atoms with van der Waals surface area (Å²) in [5.74, 6) is -1.96. The number of nitrogens with zero attached hydrogens (tertiary/aromatic N) is 1. The van der Waals surface area contributed by atoms with Gasteiger partial charge >= 0.3 is 5.97 Å². The number of carbonyl (C=O) groups excluding carboxylic acids is 2. The highest BCUT2D eigenvalue weighted by Gasteiger charge is 2.17. The molecule has 0 fully saturated rings. The summed E-state index contributed by atoms with van der Waals surface area (Å²) in [6.07, 6.45) is 0.919. The molecule has 0 unspecified atom stereocenters. The van der Waals surface area contributed by atoms with Gasteiger partial charge in [0.25, 0.3) is 5.91 Å². The summed E-state index contributed by atoms with van der Waals surface area (Å²) >= 11 is 0. The van der Waals surface area contributed by atoms with Gasteiger partial charge in [0.2, 0.25) is 5.91 Å². The van der Waals surface area contributed by atoms with Crippen LogP contribution in [0.5, 0.6) is 0 Å². The summed E-state index contributed by atoms with van der Waals surface area (Å²) in [4.78, 5) is 39.8. The minimum Gasteiger partial charge on any atom is -0.478 e. The molecule has 4 rings (SSSR count). The number of aromatic amines is 1. The van der Waals surface area contributed by atoms with Gasteiger partial charge in [0.05, 0.1) is 34.1 Å². The molecule has 34 heavy (non-hydrogen) atoms. The van der Waals surface area contributed by atoms with Crippen molar-refractivity contribution in [2.75, 3.05) is 10.6 Å². The zero-order valence-corrected chi connectivity index (χ0v) is 18.0. The average molecular weight is 452 g/mol. The van der Waals surface area contributed by atoms with E-state index in [4.69, 9.17) is 5.26 Å². The Morgan fingerprint density at radius 1 is 0.912 bits per heavy atom. The summed E-state index contributed by atoms with van der Waals surface area (Å²) in [6.45, 7) is 0. The standard InChI is InChI=1S/C26H20N4O4/c27-15-17-9-11-20(19(13-17)26(33)34)30-25(32)22-14-18-7-4-8-21(24(18)29-22)28-23(31)12-10-16-5-2-1-3-6-16/h1-9,11,13-14,29H,10,12H2,(H,28,31)(H,30,32)(H,33,34). The van der Waals surface area contributed by atoms with Crippen molar-refractivity contribution in [1.29, 1.82) is 5.26 Å². The minimum atomic E-state index is -1.26. The number of aryl methyl sites for hydroxylation is 1. The first-order chi connectivity index (χ1) is 16.4. The predicted molar refractivity (Wildman–Crippen MR) is 128 cm³/mol. The highest BCUT2D eigenvalue weighted by Crippen LogP contribution is 2.25. The molecular weight excluding hydrogens is 432 g/mol. The van der Waals surface area contributed by atoms with Gasteiger partial charge in [-0.1, -0.05) is 42.5 Å². The molecule has 8 heteroatoms. The van der Waals surface area contributed by atoms with Crippen LogP contribution >= 0.6 is 0 Å². The number of fused-ring (bicyclic) bond motifs is 1. The highest BCUT2D eigenvalue weighted by atomic mass is 16.4. The first-order valence-corrected chi connectivity index (χ1v) is 10.5. The summed E-state index contributed by atoms with van der Waals surface area (Å²) in [7, 11) is 0. The van der Waals surface area contributed by atoms with Crippen LogP contribution in [0.1, 0.15) is 38.4 Å². The maximum Gasteiger partial charge on any atom is 0.337 e. The zero-order valence-electron chi connectivity index (χ0n) is 18.0. The Balaban J connectivity index is 1.51. The second-order valence-electron chi connectivity index (χ2n) is 7.62. The third-order valence-electron chi connectivity index (χ3n) is 5.29. The van der Waals surface area contributed by atoms with Crippen LogP contribution in [0.15, 0.2) is 72.8 Å². The van der Waals surface area contributed by atoms with E-state index in [0.29, 0.717) is 29.4 Å². The fourth-order valence-corrected chi connectivity index (χ4v) is 3.59. The van der Waals surface area contributed by atoms with Gasteiger partial charge in [-0.15, -0.1) is 0 Å². The van der Waals surface area contributed by atoms with E-state index in [-0.39, 0.29) is 28.4 Å². The number of nitrogens with one attached hydrogen (secondary N) is 3. The molecule has 4 N–H and O–H groups in total. The van der Waals surface area contributed by atoms with E-state index in [2.05, 4.69) is 15.6 Å². The average Bonchev–Trinajstić information content (AvgIpc) is 3.29. The number of rotatable bonds is 7. The number of hydrogen-bond acceptors (Lipinski definition) is 4. The third-order valence-corrected chi connectivity index (χ3v) is 5.29. The van der Waals surface area contributed by atoms with Gasteiger partial charge in [-0.3, -0.25) is 9.59 Å². The smallest absolute Gasteiger partial charge is 0.337 e. The Morgan fingerprint density at radius 3 is 2.44 bits per heavy atom. The number of amides is 2. The predicted octanol–water partition coefficient (Wildman–Crippen LogP) is 4.56. The fourth-order valence-electron chi connectivity index (χ4n) is 3.59. The van der Waals surface area contributed by atoms with Gasteiger partial charge in [0.15, 0.2) is 0 Å². The normalized spacial score (nSPS) is 10.4. The first kappa shape index (κ1) is 22.3. The van der Waals surface area contributed by atoms with Crippen molar-refractivity contribution in [1.82, 2.24) is 4.98 Å². The van der Waals surface area contributed by atoms with Crippen molar-refractivity contribution in [3.05, 3.63) is 95.2 Å². The molecule has 1 aromatic heterocycles. The van der Waals surface area contributed by atoms with Crippen molar-refractivity contribution in [2.24, 2.45) is 0 Å². The number of hydrogen-bond donors (Lipinski definition) is 4. The summed E-state index contributed by atoms with van der Waals surface area (Å²) in [5.41, 5.74) is 2.45. The molecule has 0 saturated heterocycles. The molecule has 1 heterocycles. The highest BCUT2D eigenvalue weighted by molar-refractivity contribution is 6.10. The molecule has 8 nitrogen and oxygen atoms in total. The molecule has 0 atom stereocenters. The van der Waals surface area contributed by atoms with Crippen LogP contribution in [-0.4, -0.2) is 27.9 Å². The lowest BCUT2D eigenvalue weighted by Gasteiger charge is -2.08. The lowest BCUT2D eigenvalue weighted by atomic mass is 10.1. The van der Waals surface area contributed by atoms with E-state index in [1.54, 1.807) is 24.3 Å². The number of benzene rings is 3. The molecule has 4 aromatic rings. The van der Waals surface area contributed by atoms with Crippen LogP contribution in [0.3, 0.4) is 0 Å². The Bertz CT molecular complexity index is 1430. The number of aromatic carboxylic acids is 1. The molecule has 0 bridgehead atoms. The minimum absolute atomic E-state index is 0.0737. The molecule has 0 radical (unpaired) electrons. The molecule has 0 aliphatic heterocycles. The largest absolute Gasteiger partial charge is 0.478 e. The van der Waals surface area contributed by atoms with Crippen LogP contribution in [-0.2, 0) is 11.2 Å². The lowest BCUT2D eigenvalue weighted by molar-refractivity contribution is -0.116. The molecule has 0 spiro atoms. The van der Waals surface area contributed by atoms with Crippen molar-refractivity contribution in [3.8, 4) is 6.07 Å². The Labute approximate surface area is 194 Å². The van der Waals surface area contributed by atoms with Crippen LogP contribution < -0.4 is 10.6 Å². The molecule has 168 valence electrons. The second kappa shape index (κ2) is 9.71. The number of carbonyl (C=O) groups is 3. The van der Waals surface area contributed by atoms with E-state index in [0.717, 1.165) is 5.56 Å². The SMILES string of the molecule is N#Cc1ccc(NC(=O)c2cc3cccc(NC(=O)CCc4ccccc4)c3[nH]2)c(C(=O)O)c1. The van der Waals surface area contributed by atoms with Crippen molar-refractivity contribution in [3.63, 3.8) is 0 Å². The number of H-pyrrole nitrogens is 1.